The second-order valence-corrected chi connectivity index (χ2v) is 7.43. The molecule has 5 heteroatoms. The number of aliphatic hydroxyl groups excluding tert-OH is 1. The SMILES string of the molecule is CN1CC(c2cccs2)C(C(O)c2cccnc2)=C1c1cccc(F)c1. The van der Waals surface area contributed by atoms with Crippen molar-refractivity contribution in [1.82, 2.24) is 9.88 Å². The monoisotopic (exact) mass is 366 g/mol. The van der Waals surface area contributed by atoms with Crippen molar-refractivity contribution in [1.29, 1.82) is 0 Å². The molecule has 0 saturated carbocycles. The second-order valence-electron chi connectivity index (χ2n) is 6.45. The van der Waals surface area contributed by atoms with Crippen LogP contribution in [-0.2, 0) is 0 Å². The lowest BCUT2D eigenvalue weighted by molar-refractivity contribution is 0.210. The Labute approximate surface area is 156 Å². The predicted octanol–water partition coefficient (Wildman–Crippen LogP) is 4.46. The van der Waals surface area contributed by atoms with E-state index in [0.29, 0.717) is 0 Å². The van der Waals surface area contributed by atoms with Crippen LogP contribution < -0.4 is 0 Å². The molecule has 1 aliphatic heterocycles. The first kappa shape index (κ1) is 16.9. The highest BCUT2D eigenvalue weighted by molar-refractivity contribution is 7.10. The van der Waals surface area contributed by atoms with Crippen LogP contribution in [0.4, 0.5) is 4.39 Å². The van der Waals surface area contributed by atoms with Gasteiger partial charge in [0.15, 0.2) is 0 Å². The van der Waals surface area contributed by atoms with Gasteiger partial charge in [0.2, 0.25) is 0 Å². The Morgan fingerprint density at radius 3 is 2.81 bits per heavy atom. The molecule has 0 spiro atoms. The Morgan fingerprint density at radius 2 is 2.12 bits per heavy atom. The molecule has 0 amide bonds. The fraction of sp³-hybridized carbons (Fsp3) is 0.190. The maximum atomic E-state index is 13.9. The molecule has 1 N–H and O–H groups in total. The number of aromatic nitrogens is 1. The van der Waals surface area contributed by atoms with Crippen LogP contribution in [0.25, 0.3) is 5.70 Å². The van der Waals surface area contributed by atoms with E-state index in [1.165, 1.54) is 17.0 Å². The number of nitrogens with zero attached hydrogens (tertiary/aromatic N) is 2. The molecule has 1 aliphatic rings. The summed E-state index contributed by atoms with van der Waals surface area (Å²) in [7, 11) is 1.99. The van der Waals surface area contributed by atoms with Gasteiger partial charge in [-0.1, -0.05) is 24.3 Å². The molecule has 3 heterocycles. The molecule has 4 rings (SSSR count). The summed E-state index contributed by atoms with van der Waals surface area (Å²) in [6, 6.07) is 14.4. The zero-order valence-corrected chi connectivity index (χ0v) is 15.2. The minimum absolute atomic E-state index is 0.0634. The summed E-state index contributed by atoms with van der Waals surface area (Å²) in [6.07, 6.45) is 2.58. The summed E-state index contributed by atoms with van der Waals surface area (Å²) in [5.41, 5.74) is 3.31. The van der Waals surface area contributed by atoms with Crippen LogP contribution in [0.15, 0.2) is 71.9 Å². The number of thiophene rings is 1. The predicted molar refractivity (Wildman–Crippen MR) is 102 cm³/mol. The lowest BCUT2D eigenvalue weighted by Gasteiger charge is -2.20. The molecule has 2 unspecified atom stereocenters. The van der Waals surface area contributed by atoms with Gasteiger partial charge in [0.25, 0.3) is 0 Å². The molecule has 0 bridgehead atoms. The molecule has 0 aliphatic carbocycles. The minimum Gasteiger partial charge on any atom is -0.384 e. The third-order valence-corrected chi connectivity index (χ3v) is 5.75. The third kappa shape index (κ3) is 3.04. The van der Waals surface area contributed by atoms with Crippen molar-refractivity contribution in [2.24, 2.45) is 0 Å². The van der Waals surface area contributed by atoms with Crippen molar-refractivity contribution in [3.8, 4) is 0 Å². The van der Waals surface area contributed by atoms with E-state index < -0.39 is 6.10 Å². The van der Waals surface area contributed by atoms with E-state index >= 15 is 0 Å². The second kappa shape index (κ2) is 7.02. The van der Waals surface area contributed by atoms with Gasteiger partial charge in [0.1, 0.15) is 11.9 Å². The number of benzene rings is 1. The van der Waals surface area contributed by atoms with Crippen LogP contribution in [0.1, 0.15) is 28.0 Å². The molecule has 0 saturated heterocycles. The standard InChI is InChI=1S/C21H19FN2OS/c1-24-13-17(18-8-4-10-26-18)19(21(25)15-6-3-9-23-12-15)20(24)14-5-2-7-16(22)11-14/h2-12,17,21,25H,13H2,1H3. The number of hydrogen-bond acceptors (Lipinski definition) is 4. The highest BCUT2D eigenvalue weighted by Gasteiger charge is 2.36. The lowest BCUT2D eigenvalue weighted by Crippen LogP contribution is -2.15. The first-order valence-corrected chi connectivity index (χ1v) is 9.35. The topological polar surface area (TPSA) is 36.4 Å². The zero-order chi connectivity index (χ0) is 18.1. The van der Waals surface area contributed by atoms with E-state index in [2.05, 4.69) is 16.0 Å². The number of hydrogen-bond donors (Lipinski definition) is 1. The van der Waals surface area contributed by atoms with Gasteiger partial charge < -0.3 is 10.0 Å². The van der Waals surface area contributed by atoms with Gasteiger partial charge in [0, 0.05) is 53.6 Å². The fourth-order valence-corrected chi connectivity index (χ4v) is 4.48. The normalized spacial score (nSPS) is 18.4. The van der Waals surface area contributed by atoms with Gasteiger partial charge in [-0.3, -0.25) is 4.98 Å². The highest BCUT2D eigenvalue weighted by Crippen LogP contribution is 2.46. The smallest absolute Gasteiger partial charge is 0.123 e. The van der Waals surface area contributed by atoms with Gasteiger partial charge in [0.05, 0.1) is 0 Å². The van der Waals surface area contributed by atoms with Crippen molar-refractivity contribution in [2.75, 3.05) is 13.6 Å². The average Bonchev–Trinajstić information content (AvgIpc) is 3.29. The summed E-state index contributed by atoms with van der Waals surface area (Å²) in [5, 5.41) is 13.2. The third-order valence-electron chi connectivity index (χ3n) is 4.77. The molecule has 3 aromatic rings. The van der Waals surface area contributed by atoms with E-state index in [4.69, 9.17) is 0 Å². The van der Waals surface area contributed by atoms with E-state index in [0.717, 1.165) is 28.9 Å². The summed E-state index contributed by atoms with van der Waals surface area (Å²) in [6.45, 7) is 0.749. The van der Waals surface area contributed by atoms with E-state index in [1.807, 2.05) is 36.7 Å². The maximum Gasteiger partial charge on any atom is 0.123 e. The summed E-state index contributed by atoms with van der Waals surface area (Å²) < 4.78 is 13.9. The Morgan fingerprint density at radius 1 is 1.23 bits per heavy atom. The summed E-state index contributed by atoms with van der Waals surface area (Å²) >= 11 is 1.68. The number of halogens is 1. The Hall–Kier alpha value is -2.50. The van der Waals surface area contributed by atoms with Crippen LogP contribution >= 0.6 is 11.3 Å². The van der Waals surface area contributed by atoms with Gasteiger partial charge in [-0.25, -0.2) is 4.39 Å². The van der Waals surface area contributed by atoms with Crippen LogP contribution in [0.3, 0.4) is 0 Å². The molecular formula is C21H19FN2OS. The fourth-order valence-electron chi connectivity index (χ4n) is 3.64. The van der Waals surface area contributed by atoms with Gasteiger partial charge in [-0.15, -0.1) is 11.3 Å². The highest BCUT2D eigenvalue weighted by atomic mass is 32.1. The van der Waals surface area contributed by atoms with Gasteiger partial charge in [-0.05, 0) is 35.2 Å². The maximum absolute atomic E-state index is 13.9. The molecule has 132 valence electrons. The average molecular weight is 366 g/mol. The van der Waals surface area contributed by atoms with Crippen molar-refractivity contribution in [3.05, 3.63) is 93.7 Å². The Kier molecular flexibility index (Phi) is 4.57. The number of likely N-dealkylation sites (N-methyl/N-ethyl adjacent to an activating group) is 1. The van der Waals surface area contributed by atoms with Crippen molar-refractivity contribution < 1.29 is 9.50 Å². The first-order valence-electron chi connectivity index (χ1n) is 8.47. The molecule has 26 heavy (non-hydrogen) atoms. The van der Waals surface area contributed by atoms with Crippen LogP contribution in [0, 0.1) is 5.82 Å². The van der Waals surface area contributed by atoms with Crippen LogP contribution in [0.5, 0.6) is 0 Å². The first-order chi connectivity index (χ1) is 12.6. The Balaban J connectivity index is 1.89. The zero-order valence-electron chi connectivity index (χ0n) is 14.3. The van der Waals surface area contributed by atoms with E-state index in [-0.39, 0.29) is 11.7 Å². The van der Waals surface area contributed by atoms with E-state index in [1.54, 1.807) is 29.8 Å². The number of rotatable bonds is 4. The minimum atomic E-state index is -0.793. The number of aliphatic hydroxyl groups is 1. The summed E-state index contributed by atoms with van der Waals surface area (Å²) in [4.78, 5) is 7.44. The molecule has 2 aromatic heterocycles. The van der Waals surface area contributed by atoms with Crippen LogP contribution in [-0.4, -0.2) is 28.6 Å². The molecule has 3 nitrogen and oxygen atoms in total. The van der Waals surface area contributed by atoms with Crippen LogP contribution in [0.2, 0.25) is 0 Å². The van der Waals surface area contributed by atoms with Crippen molar-refractivity contribution in [3.63, 3.8) is 0 Å². The molecular weight excluding hydrogens is 347 g/mol. The largest absolute Gasteiger partial charge is 0.384 e. The quantitative estimate of drug-likeness (QED) is 0.741. The number of pyridine rings is 1. The summed E-state index contributed by atoms with van der Waals surface area (Å²) in [5.74, 6) is -0.216. The molecule has 1 aromatic carbocycles. The van der Waals surface area contributed by atoms with Gasteiger partial charge in [-0.2, -0.15) is 0 Å². The molecule has 0 fully saturated rings. The Bertz CT molecular complexity index is 924. The van der Waals surface area contributed by atoms with E-state index in [9.17, 15) is 9.50 Å². The van der Waals surface area contributed by atoms with Crippen molar-refractivity contribution >= 4 is 17.0 Å². The van der Waals surface area contributed by atoms with Crippen molar-refractivity contribution in [2.45, 2.75) is 12.0 Å². The molecule has 2 atom stereocenters. The van der Waals surface area contributed by atoms with Gasteiger partial charge >= 0.3 is 0 Å². The lowest BCUT2D eigenvalue weighted by atomic mass is 9.89. The molecule has 0 radical (unpaired) electrons.